The average Bonchev–Trinajstić information content (AvgIpc) is 2.15. The van der Waals surface area contributed by atoms with Gasteiger partial charge in [-0.05, 0) is 6.42 Å². The molecule has 0 aliphatic rings. The monoisotopic (exact) mass is 256 g/mol. The van der Waals surface area contributed by atoms with Gasteiger partial charge in [0.05, 0.1) is 0 Å². The fourth-order valence-corrected chi connectivity index (χ4v) is 0.797. The van der Waals surface area contributed by atoms with Gasteiger partial charge < -0.3 is 5.11 Å². The van der Waals surface area contributed by atoms with Gasteiger partial charge in [0.25, 0.3) is 0 Å². The molecular weight excluding hydrogens is 249 g/mol. The molecule has 0 radical (unpaired) electrons. The van der Waals surface area contributed by atoms with E-state index in [0.717, 1.165) is 6.92 Å². The second kappa shape index (κ2) is 4.10. The van der Waals surface area contributed by atoms with Crippen molar-refractivity contribution in [1.29, 1.82) is 0 Å². The lowest BCUT2D eigenvalue weighted by molar-refractivity contribution is -0.318. The van der Waals surface area contributed by atoms with E-state index in [-0.39, 0.29) is 0 Å². The van der Waals surface area contributed by atoms with E-state index in [1.165, 1.54) is 0 Å². The molecule has 0 aromatic carbocycles. The van der Waals surface area contributed by atoms with Gasteiger partial charge >= 0.3 is 23.7 Å². The molecular formula is C7H7F7O2. The molecule has 0 spiro atoms. The summed E-state index contributed by atoms with van der Waals surface area (Å²) in [4.78, 5) is 9.74. The minimum atomic E-state index is -6.30. The Morgan fingerprint density at radius 1 is 1.19 bits per heavy atom. The third-order valence-electron chi connectivity index (χ3n) is 1.83. The summed E-state index contributed by atoms with van der Waals surface area (Å²) in [5.74, 6) is -21.6. The van der Waals surface area contributed by atoms with Crippen LogP contribution in [0.2, 0.25) is 0 Å². The first kappa shape index (κ1) is 15.0. The van der Waals surface area contributed by atoms with Crippen molar-refractivity contribution in [2.24, 2.45) is 0 Å². The van der Waals surface area contributed by atoms with Crippen molar-refractivity contribution in [3.8, 4) is 0 Å². The van der Waals surface area contributed by atoms with Gasteiger partial charge in [0.15, 0.2) is 6.17 Å². The van der Waals surface area contributed by atoms with E-state index in [9.17, 15) is 35.5 Å². The Hall–Kier alpha value is -1.02. The second-order valence-corrected chi connectivity index (χ2v) is 2.95. The summed E-state index contributed by atoms with van der Waals surface area (Å²) in [6.45, 7) is 0.730. The summed E-state index contributed by atoms with van der Waals surface area (Å²) in [5, 5.41) is 7.71. The first-order valence-corrected chi connectivity index (χ1v) is 3.93. The van der Waals surface area contributed by atoms with Crippen LogP contribution in [-0.4, -0.2) is 35.0 Å². The van der Waals surface area contributed by atoms with Crippen LogP contribution in [0.3, 0.4) is 0 Å². The summed E-state index contributed by atoms with van der Waals surface area (Å²) < 4.78 is 87.3. The molecule has 0 saturated carbocycles. The third kappa shape index (κ3) is 1.94. The molecule has 1 atom stereocenters. The molecule has 1 N–H and O–H groups in total. The summed E-state index contributed by atoms with van der Waals surface area (Å²) in [5.41, 5.74) is 0. The van der Waals surface area contributed by atoms with Crippen molar-refractivity contribution >= 4 is 5.97 Å². The molecule has 0 aromatic heterocycles. The zero-order valence-electron chi connectivity index (χ0n) is 7.79. The number of carboxylic acids is 1. The molecule has 96 valence electrons. The van der Waals surface area contributed by atoms with E-state index in [2.05, 4.69) is 0 Å². The standard InChI is InChI=1S/C7H7F7O2/c1-2-3(8)5(9,10)7(13,14)6(11,12)4(15)16/h3H,2H2,1H3,(H,15,16). The number of rotatable bonds is 5. The minimum absolute atomic E-state index is 0.730. The number of carboxylic acid groups (broad SMARTS) is 1. The van der Waals surface area contributed by atoms with Crippen molar-refractivity contribution in [2.45, 2.75) is 37.3 Å². The maximum absolute atomic E-state index is 12.6. The van der Waals surface area contributed by atoms with Gasteiger partial charge in [-0.15, -0.1) is 0 Å². The predicted octanol–water partition coefficient (Wildman–Crippen LogP) is 2.73. The quantitative estimate of drug-likeness (QED) is 0.768. The molecule has 9 heteroatoms. The van der Waals surface area contributed by atoms with Crippen LogP contribution in [-0.2, 0) is 4.79 Å². The highest BCUT2D eigenvalue weighted by atomic mass is 19.3. The SMILES string of the molecule is CCC(F)C(F)(F)C(F)(F)C(F)(F)C(=O)O. The first-order valence-electron chi connectivity index (χ1n) is 3.93. The van der Waals surface area contributed by atoms with Gasteiger partial charge in [-0.3, -0.25) is 0 Å². The highest BCUT2D eigenvalue weighted by Gasteiger charge is 2.77. The lowest BCUT2D eigenvalue weighted by Gasteiger charge is -2.31. The largest absolute Gasteiger partial charge is 0.477 e. The fraction of sp³-hybridized carbons (Fsp3) is 0.857. The fourth-order valence-electron chi connectivity index (χ4n) is 0.797. The predicted molar refractivity (Wildman–Crippen MR) is 37.7 cm³/mol. The molecule has 0 aliphatic heterocycles. The van der Waals surface area contributed by atoms with E-state index >= 15 is 0 Å². The van der Waals surface area contributed by atoms with Gasteiger partial charge in [0.1, 0.15) is 0 Å². The van der Waals surface area contributed by atoms with Gasteiger partial charge in [0.2, 0.25) is 0 Å². The summed E-state index contributed by atoms with van der Waals surface area (Å²) in [7, 11) is 0. The summed E-state index contributed by atoms with van der Waals surface area (Å²) in [6.07, 6.45) is -4.72. The van der Waals surface area contributed by atoms with Crippen molar-refractivity contribution < 1.29 is 40.6 Å². The Labute approximate surface area is 85.0 Å². The Balaban J connectivity index is 5.42. The van der Waals surface area contributed by atoms with Crippen LogP contribution in [0.15, 0.2) is 0 Å². The van der Waals surface area contributed by atoms with E-state index in [1.807, 2.05) is 0 Å². The lowest BCUT2D eigenvalue weighted by atomic mass is 9.99. The van der Waals surface area contributed by atoms with Gasteiger partial charge in [-0.2, -0.15) is 26.3 Å². The number of hydrogen-bond acceptors (Lipinski definition) is 1. The van der Waals surface area contributed by atoms with Crippen LogP contribution in [0.25, 0.3) is 0 Å². The third-order valence-corrected chi connectivity index (χ3v) is 1.83. The van der Waals surface area contributed by atoms with Crippen LogP contribution in [0.4, 0.5) is 30.7 Å². The van der Waals surface area contributed by atoms with E-state index in [0.29, 0.717) is 0 Å². The van der Waals surface area contributed by atoms with E-state index < -0.39 is 36.3 Å². The normalized spacial score (nSPS) is 16.0. The number of aliphatic carboxylic acids is 1. The van der Waals surface area contributed by atoms with Crippen LogP contribution < -0.4 is 0 Å². The highest BCUT2D eigenvalue weighted by Crippen LogP contribution is 2.48. The Bertz CT molecular complexity index is 276. The Kier molecular flexibility index (Phi) is 3.83. The zero-order chi connectivity index (χ0) is 13.4. The van der Waals surface area contributed by atoms with Gasteiger partial charge in [-0.25, -0.2) is 9.18 Å². The van der Waals surface area contributed by atoms with Crippen molar-refractivity contribution in [3.63, 3.8) is 0 Å². The molecule has 0 bridgehead atoms. The minimum Gasteiger partial charge on any atom is -0.477 e. The second-order valence-electron chi connectivity index (χ2n) is 2.95. The van der Waals surface area contributed by atoms with Crippen LogP contribution in [0.1, 0.15) is 13.3 Å². The maximum atomic E-state index is 12.6. The average molecular weight is 256 g/mol. The zero-order valence-corrected chi connectivity index (χ0v) is 7.79. The van der Waals surface area contributed by atoms with Crippen LogP contribution in [0, 0.1) is 0 Å². The Morgan fingerprint density at radius 2 is 1.56 bits per heavy atom. The van der Waals surface area contributed by atoms with Gasteiger partial charge in [0, 0.05) is 0 Å². The smallest absolute Gasteiger partial charge is 0.410 e. The summed E-state index contributed by atoms with van der Waals surface area (Å²) >= 11 is 0. The maximum Gasteiger partial charge on any atom is 0.410 e. The molecule has 0 heterocycles. The van der Waals surface area contributed by atoms with Crippen molar-refractivity contribution in [2.75, 3.05) is 0 Å². The number of hydrogen-bond donors (Lipinski definition) is 1. The first-order chi connectivity index (χ1) is 6.92. The highest BCUT2D eigenvalue weighted by molar-refractivity contribution is 5.77. The number of alkyl halides is 7. The lowest BCUT2D eigenvalue weighted by Crippen LogP contribution is -2.61. The van der Waals surface area contributed by atoms with E-state index in [1.54, 1.807) is 0 Å². The number of carbonyl (C=O) groups is 1. The van der Waals surface area contributed by atoms with Crippen LogP contribution in [0.5, 0.6) is 0 Å². The number of halogens is 7. The molecule has 16 heavy (non-hydrogen) atoms. The summed E-state index contributed by atoms with van der Waals surface area (Å²) in [6, 6.07) is 0. The topological polar surface area (TPSA) is 37.3 Å². The molecule has 0 amide bonds. The molecule has 2 nitrogen and oxygen atoms in total. The van der Waals surface area contributed by atoms with Crippen LogP contribution >= 0.6 is 0 Å². The van der Waals surface area contributed by atoms with E-state index in [4.69, 9.17) is 5.11 Å². The molecule has 0 aromatic rings. The van der Waals surface area contributed by atoms with Crippen molar-refractivity contribution in [1.82, 2.24) is 0 Å². The Morgan fingerprint density at radius 3 is 1.81 bits per heavy atom. The molecule has 0 rings (SSSR count). The molecule has 0 aliphatic carbocycles. The van der Waals surface area contributed by atoms with Gasteiger partial charge in [-0.1, -0.05) is 6.92 Å². The molecule has 1 unspecified atom stereocenters. The van der Waals surface area contributed by atoms with Crippen molar-refractivity contribution in [3.05, 3.63) is 0 Å². The molecule has 0 saturated heterocycles. The molecule has 0 fully saturated rings.